The Morgan fingerprint density at radius 2 is 1.71 bits per heavy atom. The van der Waals surface area contributed by atoms with Gasteiger partial charge in [0.15, 0.2) is 0 Å². The van der Waals surface area contributed by atoms with Gasteiger partial charge in [-0.05, 0) is 19.3 Å². The molecule has 1 heterocycles. The third-order valence-electron chi connectivity index (χ3n) is 2.93. The molecule has 17 heavy (non-hydrogen) atoms. The summed E-state index contributed by atoms with van der Waals surface area (Å²) in [5, 5.41) is 0. The second-order valence-corrected chi connectivity index (χ2v) is 5.84. The van der Waals surface area contributed by atoms with E-state index in [2.05, 4.69) is 0 Å². The molecule has 1 aliphatic rings. The highest BCUT2D eigenvalue weighted by Gasteiger charge is 2.34. The van der Waals surface area contributed by atoms with Crippen LogP contribution >= 0.6 is 12.4 Å². The van der Waals surface area contributed by atoms with Crippen LogP contribution in [0.4, 0.5) is 0 Å². The predicted molar refractivity (Wildman–Crippen MR) is 71.3 cm³/mol. The molecule has 0 bridgehead atoms. The smallest absolute Gasteiger partial charge is 0.240 e. The Morgan fingerprint density at radius 1 is 1.29 bits per heavy atom. The zero-order valence-electron chi connectivity index (χ0n) is 11.4. The molecule has 0 unspecified atom stereocenters. The van der Waals surface area contributed by atoms with Crippen molar-refractivity contribution in [3.63, 3.8) is 0 Å². The van der Waals surface area contributed by atoms with E-state index >= 15 is 0 Å². The van der Waals surface area contributed by atoms with E-state index < -0.39 is 6.04 Å². The second-order valence-electron chi connectivity index (χ2n) is 5.84. The molecule has 0 aliphatic carbocycles. The van der Waals surface area contributed by atoms with Crippen molar-refractivity contribution in [3.8, 4) is 0 Å². The fourth-order valence-electron chi connectivity index (χ4n) is 1.92. The standard InChI is InChI=1S/C12H24N2O2.ClH/c1-8-6-14(7-9(2)16-8)11(15)10(13)12(3,4)5;/h8-10H,6-7,13H2,1-5H3;1H/t8-,9+,10-;/m1./s1. The molecule has 0 radical (unpaired) electrons. The number of nitrogens with two attached hydrogens (primary N) is 1. The van der Waals surface area contributed by atoms with E-state index in [1.165, 1.54) is 0 Å². The van der Waals surface area contributed by atoms with Gasteiger partial charge in [0.25, 0.3) is 0 Å². The summed E-state index contributed by atoms with van der Waals surface area (Å²) in [4.78, 5) is 14.0. The molecular weight excluding hydrogens is 240 g/mol. The van der Waals surface area contributed by atoms with Crippen LogP contribution in [-0.4, -0.2) is 42.1 Å². The van der Waals surface area contributed by atoms with Crippen molar-refractivity contribution in [1.82, 2.24) is 4.90 Å². The predicted octanol–water partition coefficient (Wildman–Crippen LogP) is 1.42. The van der Waals surface area contributed by atoms with Crippen molar-refractivity contribution < 1.29 is 9.53 Å². The quantitative estimate of drug-likeness (QED) is 0.779. The van der Waals surface area contributed by atoms with Crippen LogP contribution in [0.3, 0.4) is 0 Å². The van der Waals surface area contributed by atoms with Crippen LogP contribution < -0.4 is 5.73 Å². The minimum absolute atomic E-state index is 0. The minimum Gasteiger partial charge on any atom is -0.372 e. The van der Waals surface area contributed by atoms with Crippen molar-refractivity contribution in [3.05, 3.63) is 0 Å². The first-order chi connectivity index (χ1) is 7.21. The van der Waals surface area contributed by atoms with Crippen LogP contribution in [0.2, 0.25) is 0 Å². The Hall–Kier alpha value is -0.320. The number of nitrogens with zero attached hydrogens (tertiary/aromatic N) is 1. The van der Waals surface area contributed by atoms with E-state index in [-0.39, 0.29) is 35.9 Å². The van der Waals surface area contributed by atoms with Gasteiger partial charge in [-0.15, -0.1) is 12.4 Å². The molecule has 0 aromatic carbocycles. The fraction of sp³-hybridized carbons (Fsp3) is 0.917. The van der Waals surface area contributed by atoms with E-state index in [0.717, 1.165) is 0 Å². The summed E-state index contributed by atoms with van der Waals surface area (Å²) in [5.41, 5.74) is 5.79. The highest BCUT2D eigenvalue weighted by molar-refractivity contribution is 5.85. The lowest BCUT2D eigenvalue weighted by Crippen LogP contribution is -2.56. The van der Waals surface area contributed by atoms with Crippen molar-refractivity contribution in [2.75, 3.05) is 13.1 Å². The number of carbonyl (C=O) groups is 1. The number of amides is 1. The van der Waals surface area contributed by atoms with Crippen LogP contribution in [0.1, 0.15) is 34.6 Å². The van der Waals surface area contributed by atoms with Gasteiger partial charge in [-0.2, -0.15) is 0 Å². The zero-order valence-corrected chi connectivity index (χ0v) is 12.2. The molecule has 1 rings (SSSR count). The SMILES string of the molecule is C[C@@H]1CN(C(=O)[C@@H](N)C(C)(C)C)C[C@H](C)O1.Cl. The number of morpholine rings is 1. The Balaban J connectivity index is 0.00000256. The molecule has 0 aromatic heterocycles. The number of hydrogen-bond donors (Lipinski definition) is 1. The first-order valence-corrected chi connectivity index (χ1v) is 5.91. The van der Waals surface area contributed by atoms with Gasteiger partial charge in [0.1, 0.15) is 0 Å². The summed E-state index contributed by atoms with van der Waals surface area (Å²) in [7, 11) is 0. The highest BCUT2D eigenvalue weighted by Crippen LogP contribution is 2.21. The monoisotopic (exact) mass is 264 g/mol. The van der Waals surface area contributed by atoms with Crippen LogP contribution in [0.25, 0.3) is 0 Å². The van der Waals surface area contributed by atoms with Gasteiger partial charge in [-0.1, -0.05) is 20.8 Å². The molecule has 3 atom stereocenters. The molecule has 5 heteroatoms. The van der Waals surface area contributed by atoms with Crippen molar-refractivity contribution >= 4 is 18.3 Å². The lowest BCUT2D eigenvalue weighted by molar-refractivity contribution is -0.146. The average Bonchev–Trinajstić information content (AvgIpc) is 2.12. The Kier molecular flexibility index (Phi) is 5.91. The third-order valence-corrected chi connectivity index (χ3v) is 2.93. The molecule has 0 saturated carbocycles. The van der Waals surface area contributed by atoms with Crippen LogP contribution in [0, 0.1) is 5.41 Å². The summed E-state index contributed by atoms with van der Waals surface area (Å²) < 4.78 is 5.60. The number of halogens is 1. The maximum Gasteiger partial charge on any atom is 0.240 e. The topological polar surface area (TPSA) is 55.6 Å². The number of ether oxygens (including phenoxy) is 1. The van der Waals surface area contributed by atoms with E-state index in [4.69, 9.17) is 10.5 Å². The van der Waals surface area contributed by atoms with Crippen molar-refractivity contribution in [2.45, 2.75) is 52.9 Å². The Bertz CT molecular complexity index is 256. The Morgan fingerprint density at radius 3 is 2.06 bits per heavy atom. The van der Waals surface area contributed by atoms with Crippen LogP contribution in [-0.2, 0) is 9.53 Å². The largest absolute Gasteiger partial charge is 0.372 e. The second kappa shape index (κ2) is 6.03. The first kappa shape index (κ1) is 16.7. The number of carbonyl (C=O) groups excluding carboxylic acids is 1. The molecule has 102 valence electrons. The van der Waals surface area contributed by atoms with Crippen molar-refractivity contribution in [2.24, 2.45) is 11.1 Å². The van der Waals surface area contributed by atoms with Gasteiger partial charge in [-0.3, -0.25) is 4.79 Å². The average molecular weight is 265 g/mol. The molecule has 1 fully saturated rings. The van der Waals surface area contributed by atoms with Gasteiger partial charge in [-0.25, -0.2) is 0 Å². The third kappa shape index (κ3) is 4.45. The lowest BCUT2D eigenvalue weighted by Gasteiger charge is -2.38. The Labute approximate surface area is 110 Å². The number of rotatable bonds is 1. The van der Waals surface area contributed by atoms with Gasteiger partial charge in [0, 0.05) is 13.1 Å². The zero-order chi connectivity index (χ0) is 12.5. The molecule has 1 aliphatic heterocycles. The van der Waals surface area contributed by atoms with Gasteiger partial charge < -0.3 is 15.4 Å². The summed E-state index contributed by atoms with van der Waals surface area (Å²) in [6.45, 7) is 11.2. The lowest BCUT2D eigenvalue weighted by atomic mass is 9.86. The molecule has 1 saturated heterocycles. The molecule has 0 spiro atoms. The molecule has 1 amide bonds. The van der Waals surface area contributed by atoms with E-state index in [1.54, 1.807) is 0 Å². The van der Waals surface area contributed by atoms with Gasteiger partial charge in [0.05, 0.1) is 18.2 Å². The number of hydrogen-bond acceptors (Lipinski definition) is 3. The first-order valence-electron chi connectivity index (χ1n) is 5.91. The fourth-order valence-corrected chi connectivity index (χ4v) is 1.92. The summed E-state index contributed by atoms with van der Waals surface area (Å²) in [6, 6.07) is -0.440. The van der Waals surface area contributed by atoms with E-state index in [9.17, 15) is 4.79 Å². The van der Waals surface area contributed by atoms with Crippen LogP contribution in [0.15, 0.2) is 0 Å². The molecular formula is C12H25ClN2O2. The summed E-state index contributed by atoms with van der Waals surface area (Å²) >= 11 is 0. The van der Waals surface area contributed by atoms with E-state index in [1.807, 2.05) is 39.5 Å². The minimum atomic E-state index is -0.440. The summed E-state index contributed by atoms with van der Waals surface area (Å²) in [5.74, 6) is 0.0366. The highest BCUT2D eigenvalue weighted by atomic mass is 35.5. The maximum atomic E-state index is 12.2. The van der Waals surface area contributed by atoms with Crippen LogP contribution in [0.5, 0.6) is 0 Å². The van der Waals surface area contributed by atoms with Crippen molar-refractivity contribution in [1.29, 1.82) is 0 Å². The van der Waals surface area contributed by atoms with Gasteiger partial charge in [0.2, 0.25) is 5.91 Å². The summed E-state index contributed by atoms with van der Waals surface area (Å²) in [6.07, 6.45) is 0.194. The normalized spacial score (nSPS) is 27.3. The molecule has 0 aromatic rings. The molecule has 4 nitrogen and oxygen atoms in total. The maximum absolute atomic E-state index is 12.2. The molecule has 2 N–H and O–H groups in total. The van der Waals surface area contributed by atoms with Gasteiger partial charge >= 0.3 is 0 Å². The van der Waals surface area contributed by atoms with E-state index in [0.29, 0.717) is 13.1 Å².